The Morgan fingerprint density at radius 3 is 2.38 bits per heavy atom. The van der Waals surface area contributed by atoms with Gasteiger partial charge in [0, 0.05) is 16.8 Å². The minimum Gasteiger partial charge on any atom is -0.378 e. The van der Waals surface area contributed by atoms with Gasteiger partial charge >= 0.3 is 6.18 Å². The number of halogens is 4. The van der Waals surface area contributed by atoms with E-state index < -0.39 is 11.7 Å². The van der Waals surface area contributed by atoms with Crippen LogP contribution in [0.25, 0.3) is 0 Å². The molecular formula is C16H15ClF3N. The van der Waals surface area contributed by atoms with E-state index in [4.69, 9.17) is 11.6 Å². The van der Waals surface area contributed by atoms with Crippen LogP contribution in [0.3, 0.4) is 0 Å². The van der Waals surface area contributed by atoms with Crippen LogP contribution in [0.4, 0.5) is 18.9 Å². The monoisotopic (exact) mass is 313 g/mol. The SMILES string of the molecule is Cc1ccccc1C(C)Nc1ccc(Cl)cc1C(F)(F)F. The zero-order valence-corrected chi connectivity index (χ0v) is 12.4. The lowest BCUT2D eigenvalue weighted by Crippen LogP contribution is -2.14. The van der Waals surface area contributed by atoms with E-state index in [1.807, 2.05) is 38.1 Å². The summed E-state index contributed by atoms with van der Waals surface area (Å²) in [6.45, 7) is 3.76. The number of hydrogen-bond donors (Lipinski definition) is 1. The molecular weight excluding hydrogens is 299 g/mol. The number of aryl methyl sites for hydroxylation is 1. The number of benzene rings is 2. The van der Waals surface area contributed by atoms with Gasteiger partial charge in [0.1, 0.15) is 0 Å². The second-order valence-electron chi connectivity index (χ2n) is 4.91. The van der Waals surface area contributed by atoms with Crippen LogP contribution in [0, 0.1) is 6.92 Å². The van der Waals surface area contributed by atoms with E-state index in [0.29, 0.717) is 0 Å². The van der Waals surface area contributed by atoms with Gasteiger partial charge in [-0.15, -0.1) is 0 Å². The number of nitrogens with one attached hydrogen (secondary N) is 1. The molecule has 0 heterocycles. The highest BCUT2D eigenvalue weighted by Crippen LogP contribution is 2.37. The van der Waals surface area contributed by atoms with Crippen molar-refractivity contribution in [1.29, 1.82) is 0 Å². The van der Waals surface area contributed by atoms with Gasteiger partial charge in [0.2, 0.25) is 0 Å². The molecule has 1 N–H and O–H groups in total. The molecule has 2 aromatic carbocycles. The Morgan fingerprint density at radius 1 is 1.10 bits per heavy atom. The summed E-state index contributed by atoms with van der Waals surface area (Å²) < 4.78 is 39.2. The van der Waals surface area contributed by atoms with Crippen LogP contribution in [0.2, 0.25) is 5.02 Å². The summed E-state index contributed by atoms with van der Waals surface area (Å²) >= 11 is 5.67. The van der Waals surface area contributed by atoms with Crippen LogP contribution in [-0.4, -0.2) is 0 Å². The third-order valence-electron chi connectivity index (χ3n) is 3.31. The highest BCUT2D eigenvalue weighted by atomic mass is 35.5. The van der Waals surface area contributed by atoms with Crippen molar-refractivity contribution in [3.05, 3.63) is 64.2 Å². The van der Waals surface area contributed by atoms with Crippen LogP contribution in [0.1, 0.15) is 29.7 Å². The molecule has 0 radical (unpaired) electrons. The lowest BCUT2D eigenvalue weighted by molar-refractivity contribution is -0.137. The van der Waals surface area contributed by atoms with Crippen LogP contribution in [-0.2, 0) is 6.18 Å². The van der Waals surface area contributed by atoms with Crippen molar-refractivity contribution in [1.82, 2.24) is 0 Å². The molecule has 112 valence electrons. The van der Waals surface area contributed by atoms with Crippen molar-refractivity contribution in [2.45, 2.75) is 26.1 Å². The van der Waals surface area contributed by atoms with Gasteiger partial charge in [-0.3, -0.25) is 0 Å². The molecule has 0 amide bonds. The topological polar surface area (TPSA) is 12.0 Å². The summed E-state index contributed by atoms with van der Waals surface area (Å²) in [7, 11) is 0. The summed E-state index contributed by atoms with van der Waals surface area (Å²) in [5, 5.41) is 2.99. The van der Waals surface area contributed by atoms with Crippen LogP contribution in [0.15, 0.2) is 42.5 Å². The summed E-state index contributed by atoms with van der Waals surface area (Å²) in [5.74, 6) is 0. The van der Waals surface area contributed by atoms with Gasteiger partial charge < -0.3 is 5.32 Å². The first-order valence-electron chi connectivity index (χ1n) is 6.48. The Balaban J connectivity index is 2.34. The molecule has 0 bridgehead atoms. The molecule has 5 heteroatoms. The number of hydrogen-bond acceptors (Lipinski definition) is 1. The summed E-state index contributed by atoms with van der Waals surface area (Å²) in [5.41, 5.74) is 1.26. The maximum atomic E-state index is 13.1. The second kappa shape index (κ2) is 5.98. The van der Waals surface area contributed by atoms with E-state index in [2.05, 4.69) is 5.32 Å². The fourth-order valence-electron chi connectivity index (χ4n) is 2.26. The van der Waals surface area contributed by atoms with E-state index in [-0.39, 0.29) is 16.8 Å². The molecule has 2 aromatic rings. The molecule has 0 aromatic heterocycles. The van der Waals surface area contributed by atoms with E-state index in [9.17, 15) is 13.2 Å². The van der Waals surface area contributed by atoms with Crippen molar-refractivity contribution < 1.29 is 13.2 Å². The van der Waals surface area contributed by atoms with Gasteiger partial charge in [0.25, 0.3) is 0 Å². The number of rotatable bonds is 3. The minimum atomic E-state index is -4.45. The second-order valence-corrected chi connectivity index (χ2v) is 5.35. The van der Waals surface area contributed by atoms with Gasteiger partial charge in [-0.1, -0.05) is 35.9 Å². The first kappa shape index (κ1) is 15.7. The Bertz CT molecular complexity index is 638. The molecule has 0 spiro atoms. The van der Waals surface area contributed by atoms with Crippen molar-refractivity contribution >= 4 is 17.3 Å². The Labute approximate surface area is 126 Å². The summed E-state index contributed by atoms with van der Waals surface area (Å²) in [4.78, 5) is 0. The van der Waals surface area contributed by atoms with Crippen molar-refractivity contribution in [2.75, 3.05) is 5.32 Å². The Kier molecular flexibility index (Phi) is 4.47. The first-order valence-corrected chi connectivity index (χ1v) is 6.85. The molecule has 1 nitrogen and oxygen atoms in total. The molecule has 0 aliphatic carbocycles. The summed E-state index contributed by atoms with van der Waals surface area (Å²) in [6, 6.07) is 11.1. The number of anilines is 1. The van der Waals surface area contributed by atoms with Gasteiger partial charge in [-0.05, 0) is 43.2 Å². The Hall–Kier alpha value is -1.68. The van der Waals surface area contributed by atoms with Gasteiger partial charge in [-0.25, -0.2) is 0 Å². The van der Waals surface area contributed by atoms with Crippen molar-refractivity contribution in [3.63, 3.8) is 0 Å². The predicted molar refractivity (Wildman–Crippen MR) is 79.7 cm³/mol. The fourth-order valence-corrected chi connectivity index (χ4v) is 2.43. The standard InChI is InChI=1S/C16H15ClF3N/c1-10-5-3-4-6-13(10)11(2)21-15-8-7-12(17)9-14(15)16(18,19)20/h3-9,11,21H,1-2H3. The Morgan fingerprint density at radius 2 is 1.76 bits per heavy atom. The summed E-state index contributed by atoms with van der Waals surface area (Å²) in [6.07, 6.45) is -4.45. The molecule has 0 saturated carbocycles. The maximum absolute atomic E-state index is 13.1. The highest BCUT2D eigenvalue weighted by molar-refractivity contribution is 6.30. The first-order chi connectivity index (χ1) is 9.79. The largest absolute Gasteiger partial charge is 0.418 e. The minimum absolute atomic E-state index is 0.0302. The van der Waals surface area contributed by atoms with Crippen molar-refractivity contribution in [3.8, 4) is 0 Å². The van der Waals surface area contributed by atoms with Crippen LogP contribution in [0.5, 0.6) is 0 Å². The van der Waals surface area contributed by atoms with E-state index >= 15 is 0 Å². The highest BCUT2D eigenvalue weighted by Gasteiger charge is 2.34. The zero-order chi connectivity index (χ0) is 15.6. The third kappa shape index (κ3) is 3.70. The predicted octanol–water partition coefficient (Wildman–Crippen LogP) is 5.84. The zero-order valence-electron chi connectivity index (χ0n) is 11.6. The average molecular weight is 314 g/mol. The van der Waals surface area contributed by atoms with Crippen LogP contribution >= 0.6 is 11.6 Å². The third-order valence-corrected chi connectivity index (χ3v) is 3.55. The molecule has 0 fully saturated rings. The molecule has 0 saturated heterocycles. The normalized spacial score (nSPS) is 13.0. The van der Waals surface area contributed by atoms with E-state index in [1.54, 1.807) is 0 Å². The van der Waals surface area contributed by atoms with E-state index in [0.717, 1.165) is 17.2 Å². The van der Waals surface area contributed by atoms with Gasteiger partial charge in [0.15, 0.2) is 0 Å². The lowest BCUT2D eigenvalue weighted by atomic mass is 10.0. The molecule has 0 aliphatic rings. The molecule has 1 unspecified atom stereocenters. The quantitative estimate of drug-likeness (QED) is 0.750. The van der Waals surface area contributed by atoms with Crippen molar-refractivity contribution in [2.24, 2.45) is 0 Å². The fraction of sp³-hybridized carbons (Fsp3) is 0.250. The van der Waals surface area contributed by atoms with Gasteiger partial charge in [0.05, 0.1) is 5.56 Å². The molecule has 21 heavy (non-hydrogen) atoms. The van der Waals surface area contributed by atoms with Crippen LogP contribution < -0.4 is 5.32 Å². The maximum Gasteiger partial charge on any atom is 0.418 e. The average Bonchev–Trinajstić information content (AvgIpc) is 2.40. The number of alkyl halides is 3. The smallest absolute Gasteiger partial charge is 0.378 e. The van der Waals surface area contributed by atoms with E-state index in [1.165, 1.54) is 12.1 Å². The van der Waals surface area contributed by atoms with Gasteiger partial charge in [-0.2, -0.15) is 13.2 Å². The molecule has 0 aliphatic heterocycles. The molecule has 1 atom stereocenters. The molecule has 2 rings (SSSR count). The lowest BCUT2D eigenvalue weighted by Gasteiger charge is -2.21.